The van der Waals surface area contributed by atoms with E-state index in [1.165, 1.54) is 13.8 Å². The molecule has 13 heteroatoms. The van der Waals surface area contributed by atoms with E-state index < -0.39 is 40.8 Å². The number of aromatic nitrogens is 2. The van der Waals surface area contributed by atoms with Gasteiger partial charge in [-0.3, -0.25) is 9.48 Å². The molecule has 1 amide bonds. The molecule has 8 nitrogen and oxygen atoms in total. The Morgan fingerprint density at radius 1 is 1.21 bits per heavy atom. The fourth-order valence-corrected chi connectivity index (χ4v) is 4.87. The summed E-state index contributed by atoms with van der Waals surface area (Å²) in [5.74, 6) is -2.39. The summed E-state index contributed by atoms with van der Waals surface area (Å²) < 4.78 is 51.2. The van der Waals surface area contributed by atoms with Crippen molar-refractivity contribution in [2.24, 2.45) is 0 Å². The number of halogens is 4. The van der Waals surface area contributed by atoms with Crippen LogP contribution in [0.4, 0.5) is 18.2 Å². The number of hydrogen-bond acceptors (Lipinski definition) is 7. The Bertz CT molecular complexity index is 1120. The molecule has 1 fully saturated rings. The van der Waals surface area contributed by atoms with Crippen LogP contribution in [0.1, 0.15) is 82.6 Å². The van der Waals surface area contributed by atoms with Gasteiger partial charge < -0.3 is 14.8 Å². The number of hydrogen-bond donors (Lipinski definition) is 1. The molecule has 0 radical (unpaired) electrons. The molecule has 0 spiro atoms. The van der Waals surface area contributed by atoms with Gasteiger partial charge in [-0.2, -0.15) is 18.3 Å². The predicted octanol–water partition coefficient (Wildman–Crippen LogP) is 5.36. The summed E-state index contributed by atoms with van der Waals surface area (Å²) in [4.78, 5) is 38.0. The highest BCUT2D eigenvalue weighted by atomic mass is 35.5. The molecule has 2 aromatic heterocycles. The van der Waals surface area contributed by atoms with Crippen molar-refractivity contribution in [3.05, 3.63) is 32.4 Å². The van der Waals surface area contributed by atoms with Crippen molar-refractivity contribution in [1.82, 2.24) is 9.78 Å². The molecule has 2 heterocycles. The van der Waals surface area contributed by atoms with Crippen LogP contribution in [0, 0.1) is 6.92 Å². The van der Waals surface area contributed by atoms with Crippen molar-refractivity contribution in [1.29, 1.82) is 0 Å². The first-order chi connectivity index (χ1) is 15.9. The van der Waals surface area contributed by atoms with Gasteiger partial charge in [0.2, 0.25) is 5.91 Å². The number of nitrogens with zero attached hydrogens (tertiary/aromatic N) is 2. The smallest absolute Gasteiger partial charge is 0.436 e. The molecule has 0 aliphatic heterocycles. The van der Waals surface area contributed by atoms with Crippen LogP contribution in [-0.2, 0) is 20.4 Å². The number of thiophene rings is 1. The lowest BCUT2D eigenvalue weighted by molar-refractivity contribution is -0.141. The summed E-state index contributed by atoms with van der Waals surface area (Å²) in [5, 5.41) is 5.66. The third-order valence-electron chi connectivity index (χ3n) is 5.19. The van der Waals surface area contributed by atoms with Crippen LogP contribution < -0.4 is 5.32 Å². The Morgan fingerprint density at radius 2 is 1.79 bits per heavy atom. The first kappa shape index (κ1) is 26.0. The number of carbonyl (C=O) groups is 3. The van der Waals surface area contributed by atoms with Gasteiger partial charge in [-0.15, -0.1) is 11.3 Å². The molecular weight excluding hydrogens is 499 g/mol. The van der Waals surface area contributed by atoms with E-state index in [9.17, 15) is 27.6 Å². The Hall–Kier alpha value is -2.60. The molecule has 1 saturated carbocycles. The van der Waals surface area contributed by atoms with E-state index in [0.29, 0.717) is 12.8 Å². The van der Waals surface area contributed by atoms with Crippen molar-refractivity contribution in [2.75, 3.05) is 18.5 Å². The zero-order valence-electron chi connectivity index (χ0n) is 18.8. The van der Waals surface area contributed by atoms with Crippen LogP contribution in [-0.4, -0.2) is 40.8 Å². The molecule has 34 heavy (non-hydrogen) atoms. The molecule has 3 rings (SSSR count). The highest BCUT2D eigenvalue weighted by Crippen LogP contribution is 2.47. The summed E-state index contributed by atoms with van der Waals surface area (Å²) in [7, 11) is 0. The Morgan fingerprint density at radius 3 is 2.32 bits per heavy atom. The van der Waals surface area contributed by atoms with Gasteiger partial charge in [-0.1, -0.05) is 11.6 Å². The van der Waals surface area contributed by atoms with Gasteiger partial charge in [0.05, 0.1) is 29.5 Å². The Kier molecular flexibility index (Phi) is 7.61. The van der Waals surface area contributed by atoms with Crippen LogP contribution in [0.25, 0.3) is 0 Å². The number of anilines is 1. The van der Waals surface area contributed by atoms with Crippen LogP contribution in [0.2, 0.25) is 5.02 Å². The van der Waals surface area contributed by atoms with E-state index in [1.54, 1.807) is 13.8 Å². The lowest BCUT2D eigenvalue weighted by Gasteiger charge is -2.16. The monoisotopic (exact) mass is 521 g/mol. The topological polar surface area (TPSA) is 99.5 Å². The van der Waals surface area contributed by atoms with Crippen molar-refractivity contribution >= 4 is 45.8 Å². The lowest BCUT2D eigenvalue weighted by atomic mass is 10.1. The van der Waals surface area contributed by atoms with Gasteiger partial charge in [-0.05, 0) is 46.1 Å². The van der Waals surface area contributed by atoms with Crippen molar-refractivity contribution in [3.8, 4) is 0 Å². The van der Waals surface area contributed by atoms with Crippen molar-refractivity contribution < 1.29 is 37.0 Å². The molecule has 186 valence electrons. The third-order valence-corrected chi connectivity index (χ3v) is 6.75. The van der Waals surface area contributed by atoms with E-state index in [2.05, 4.69) is 10.4 Å². The number of ether oxygens (including phenoxy) is 2. The first-order valence-electron chi connectivity index (χ1n) is 10.6. The first-order valence-corrected chi connectivity index (χ1v) is 11.7. The normalized spacial score (nSPS) is 14.6. The highest BCUT2D eigenvalue weighted by Gasteiger charge is 2.43. The fraction of sp³-hybridized carbons (Fsp3) is 0.524. The minimum atomic E-state index is -4.78. The average Bonchev–Trinajstić information content (AvgIpc) is 3.44. The average molecular weight is 522 g/mol. The highest BCUT2D eigenvalue weighted by molar-refractivity contribution is 7.18. The molecular formula is C21H23ClF3N3O5S. The molecule has 1 aliphatic carbocycles. The standard InChI is InChI=1S/C21H23ClF3N3O5S/c1-5-32-19(30)12-9(3)15(20(31)33-6-2)34-18(12)26-17(29)10(4)28-14(11-7-8-11)13(22)16(27-28)21(23,24)25/h10-11H,5-8H2,1-4H3,(H,26,29). The van der Waals surface area contributed by atoms with E-state index in [1.807, 2.05) is 0 Å². The van der Waals surface area contributed by atoms with Gasteiger partial charge in [0.25, 0.3) is 0 Å². The largest absolute Gasteiger partial charge is 0.462 e. The van der Waals surface area contributed by atoms with E-state index in [-0.39, 0.29) is 45.8 Å². The number of nitrogens with one attached hydrogen (secondary N) is 1. The lowest BCUT2D eigenvalue weighted by Crippen LogP contribution is -2.26. The second-order valence-electron chi connectivity index (χ2n) is 7.63. The van der Waals surface area contributed by atoms with Crippen LogP contribution >= 0.6 is 22.9 Å². The second kappa shape index (κ2) is 9.95. The second-order valence-corrected chi connectivity index (χ2v) is 9.03. The maximum Gasteiger partial charge on any atom is 0.436 e. The maximum absolute atomic E-state index is 13.4. The summed E-state index contributed by atoms with van der Waals surface area (Å²) in [6, 6.07) is -1.19. The number of rotatable bonds is 8. The fourth-order valence-electron chi connectivity index (χ4n) is 3.40. The third kappa shape index (κ3) is 5.07. The minimum Gasteiger partial charge on any atom is -0.462 e. The summed E-state index contributed by atoms with van der Waals surface area (Å²) in [5.41, 5.74) is -0.853. The van der Waals surface area contributed by atoms with Gasteiger partial charge >= 0.3 is 18.1 Å². The number of esters is 2. The van der Waals surface area contributed by atoms with E-state index in [0.717, 1.165) is 16.0 Å². The van der Waals surface area contributed by atoms with Gasteiger partial charge in [0.1, 0.15) is 15.9 Å². The molecule has 1 atom stereocenters. The number of carbonyl (C=O) groups excluding carboxylic acids is 3. The molecule has 2 aromatic rings. The molecule has 1 aliphatic rings. The van der Waals surface area contributed by atoms with Crippen molar-refractivity contribution in [3.63, 3.8) is 0 Å². The van der Waals surface area contributed by atoms with Crippen molar-refractivity contribution in [2.45, 2.75) is 58.7 Å². The van der Waals surface area contributed by atoms with Gasteiger partial charge in [0, 0.05) is 5.92 Å². The summed E-state index contributed by atoms with van der Waals surface area (Å²) >= 11 is 6.82. The van der Waals surface area contributed by atoms with E-state index >= 15 is 0 Å². The summed E-state index contributed by atoms with van der Waals surface area (Å²) in [6.07, 6.45) is -3.51. The number of amides is 1. The van der Waals surface area contributed by atoms with Crippen LogP contribution in [0.3, 0.4) is 0 Å². The van der Waals surface area contributed by atoms with Gasteiger partial charge in [0.15, 0.2) is 5.69 Å². The molecule has 1 N–H and O–H groups in total. The van der Waals surface area contributed by atoms with E-state index in [4.69, 9.17) is 21.1 Å². The quantitative estimate of drug-likeness (QED) is 0.470. The maximum atomic E-state index is 13.4. The van der Waals surface area contributed by atoms with Crippen LogP contribution in [0.5, 0.6) is 0 Å². The van der Waals surface area contributed by atoms with Gasteiger partial charge in [-0.25, -0.2) is 9.59 Å². The minimum absolute atomic E-state index is 0.0210. The summed E-state index contributed by atoms with van der Waals surface area (Å²) in [6.45, 7) is 6.28. The molecule has 0 aromatic carbocycles. The zero-order chi connectivity index (χ0) is 25.4. The SMILES string of the molecule is CCOC(=O)c1sc(NC(=O)C(C)n2nc(C(F)(F)F)c(Cl)c2C2CC2)c(C(=O)OCC)c1C. The molecule has 0 bridgehead atoms. The van der Waals surface area contributed by atoms with Crippen LogP contribution in [0.15, 0.2) is 0 Å². The molecule has 0 saturated heterocycles. The Labute approximate surface area is 202 Å². The predicted molar refractivity (Wildman–Crippen MR) is 119 cm³/mol. The molecule has 1 unspecified atom stereocenters. The number of alkyl halides is 3. The Balaban J connectivity index is 1.97. The zero-order valence-corrected chi connectivity index (χ0v) is 20.4.